The number of rotatable bonds is 5. The number of ether oxygens (including phenoxy) is 1. The van der Waals surface area contributed by atoms with Gasteiger partial charge in [0.15, 0.2) is 10.8 Å². The van der Waals surface area contributed by atoms with Gasteiger partial charge in [-0.15, -0.1) is 0 Å². The maximum atomic E-state index is 13.3. The Morgan fingerprint density at radius 1 is 1.00 bits per heavy atom. The molecule has 0 unspecified atom stereocenters. The molecule has 180 valence electrons. The molecule has 1 heterocycles. The summed E-state index contributed by atoms with van der Waals surface area (Å²) < 4.78 is 5.18. The molecular weight excluding hydrogens is 448 g/mol. The summed E-state index contributed by atoms with van der Waals surface area (Å²) in [6, 6.07) is 12.8. The maximum absolute atomic E-state index is 13.3. The molecule has 0 saturated heterocycles. The number of phenolic OH excluding ortho intramolecular Hbond substituents is 1. The molecule has 2 aromatic carbocycles. The summed E-state index contributed by atoms with van der Waals surface area (Å²) in [5, 5.41) is 14.1. The first-order chi connectivity index (χ1) is 15.8. The van der Waals surface area contributed by atoms with Crippen LogP contribution < -0.4 is 5.32 Å². The number of phenols is 1. The second kappa shape index (κ2) is 9.58. The summed E-state index contributed by atoms with van der Waals surface area (Å²) >= 11 is 1.22. The van der Waals surface area contributed by atoms with Gasteiger partial charge in [-0.05, 0) is 35.4 Å². The first kappa shape index (κ1) is 25.4. The first-order valence-corrected chi connectivity index (χ1v) is 12.1. The van der Waals surface area contributed by atoms with E-state index in [0.29, 0.717) is 26.7 Å². The number of carbonyl (C=O) groups excluding carboxylic acids is 2. The first-order valence-electron chi connectivity index (χ1n) is 11.3. The Morgan fingerprint density at radius 2 is 1.56 bits per heavy atom. The molecule has 0 aliphatic carbocycles. The van der Waals surface area contributed by atoms with Gasteiger partial charge in [0.25, 0.3) is 5.91 Å². The highest BCUT2D eigenvalue weighted by Crippen LogP contribution is 2.40. The van der Waals surface area contributed by atoms with E-state index in [4.69, 9.17) is 4.74 Å². The molecule has 1 amide bonds. The van der Waals surface area contributed by atoms with Gasteiger partial charge < -0.3 is 9.84 Å². The zero-order valence-electron chi connectivity index (χ0n) is 20.8. The van der Waals surface area contributed by atoms with Crippen LogP contribution in [-0.2, 0) is 15.6 Å². The number of hydrogen-bond donors (Lipinski definition) is 2. The molecule has 3 aromatic rings. The summed E-state index contributed by atoms with van der Waals surface area (Å²) in [4.78, 5) is 30.9. The van der Waals surface area contributed by atoms with E-state index < -0.39 is 5.97 Å². The number of amides is 1. The molecule has 1 aromatic heterocycles. The zero-order valence-corrected chi connectivity index (χ0v) is 21.6. The van der Waals surface area contributed by atoms with Crippen LogP contribution in [-0.4, -0.2) is 28.6 Å². The normalized spacial score (nSPS) is 11.9. The Hall–Kier alpha value is -3.19. The lowest BCUT2D eigenvalue weighted by atomic mass is 9.78. The Labute approximate surface area is 205 Å². The van der Waals surface area contributed by atoms with E-state index in [-0.39, 0.29) is 34.8 Å². The van der Waals surface area contributed by atoms with Gasteiger partial charge in [0.2, 0.25) is 0 Å². The number of nitrogens with one attached hydrogen (secondary N) is 1. The van der Waals surface area contributed by atoms with Crippen molar-refractivity contribution in [1.29, 1.82) is 0 Å². The average molecular weight is 481 g/mol. The minimum Gasteiger partial charge on any atom is -0.507 e. The quantitative estimate of drug-likeness (QED) is 0.405. The Balaban J connectivity index is 2.04. The van der Waals surface area contributed by atoms with Crippen molar-refractivity contribution in [2.24, 2.45) is 0 Å². The largest absolute Gasteiger partial charge is 0.507 e. The van der Waals surface area contributed by atoms with Crippen LogP contribution in [0.4, 0.5) is 5.13 Å². The molecule has 0 atom stereocenters. The van der Waals surface area contributed by atoms with Crippen LogP contribution in [0.2, 0.25) is 0 Å². The summed E-state index contributed by atoms with van der Waals surface area (Å²) in [6.07, 6.45) is 0. The third-order valence-electron chi connectivity index (χ3n) is 5.34. The van der Waals surface area contributed by atoms with Gasteiger partial charge in [0.1, 0.15) is 5.75 Å². The van der Waals surface area contributed by atoms with Gasteiger partial charge in [-0.25, -0.2) is 9.78 Å². The average Bonchev–Trinajstić information content (AvgIpc) is 3.17. The van der Waals surface area contributed by atoms with Crippen LogP contribution in [0.5, 0.6) is 5.75 Å². The predicted molar refractivity (Wildman–Crippen MR) is 137 cm³/mol. The third kappa shape index (κ3) is 5.47. The van der Waals surface area contributed by atoms with E-state index in [0.717, 1.165) is 5.56 Å². The highest BCUT2D eigenvalue weighted by atomic mass is 32.1. The fourth-order valence-electron chi connectivity index (χ4n) is 3.57. The molecule has 0 aliphatic rings. The highest BCUT2D eigenvalue weighted by Gasteiger charge is 2.28. The number of aromatic hydroxyl groups is 1. The van der Waals surface area contributed by atoms with Crippen molar-refractivity contribution in [3.8, 4) is 16.2 Å². The lowest BCUT2D eigenvalue weighted by Crippen LogP contribution is -2.20. The van der Waals surface area contributed by atoms with E-state index in [9.17, 15) is 14.7 Å². The van der Waals surface area contributed by atoms with E-state index in [1.807, 2.05) is 71.9 Å². The number of hydrogen-bond acceptors (Lipinski definition) is 6. The van der Waals surface area contributed by atoms with Crippen LogP contribution in [0.25, 0.3) is 10.4 Å². The number of benzene rings is 2. The minimum absolute atomic E-state index is 0.171. The maximum Gasteiger partial charge on any atom is 0.358 e. The molecule has 0 fully saturated rings. The molecular formula is C27H32N2O4S. The van der Waals surface area contributed by atoms with Gasteiger partial charge >= 0.3 is 5.97 Å². The van der Waals surface area contributed by atoms with Crippen LogP contribution in [0.1, 0.15) is 80.4 Å². The van der Waals surface area contributed by atoms with E-state index >= 15 is 0 Å². The Bertz CT molecular complexity index is 1170. The minimum atomic E-state index is -0.534. The second-order valence-corrected chi connectivity index (χ2v) is 11.2. The SMILES string of the molecule is CCOC(=O)c1nc(NC(=O)c2cc(C(C)(C)C)c(O)c(C(C)(C)C)c2)sc1-c1ccccc1. The topological polar surface area (TPSA) is 88.5 Å². The number of anilines is 1. The molecule has 6 nitrogen and oxygen atoms in total. The standard InChI is InChI=1S/C27H32N2O4S/c1-8-33-24(32)20-22(16-12-10-9-11-13-16)34-25(28-20)29-23(31)17-14-18(26(2,3)4)21(30)19(15-17)27(5,6)7/h9-15,30H,8H2,1-7H3,(H,28,29,31). The Kier molecular flexibility index (Phi) is 7.17. The van der Waals surface area contributed by atoms with Crippen molar-refractivity contribution >= 4 is 28.3 Å². The van der Waals surface area contributed by atoms with Crippen LogP contribution in [0, 0.1) is 0 Å². The number of nitrogens with zero attached hydrogens (tertiary/aromatic N) is 1. The fraction of sp³-hybridized carbons (Fsp3) is 0.370. The van der Waals surface area contributed by atoms with Crippen molar-refractivity contribution in [2.45, 2.75) is 59.3 Å². The summed E-state index contributed by atoms with van der Waals surface area (Å²) in [7, 11) is 0. The molecule has 7 heteroatoms. The van der Waals surface area contributed by atoms with Crippen LogP contribution in [0.15, 0.2) is 42.5 Å². The molecule has 0 spiro atoms. The van der Waals surface area contributed by atoms with Gasteiger partial charge in [-0.2, -0.15) is 0 Å². The van der Waals surface area contributed by atoms with Gasteiger partial charge in [-0.1, -0.05) is 83.2 Å². The Morgan fingerprint density at radius 3 is 2.06 bits per heavy atom. The molecule has 0 aliphatic heterocycles. The number of esters is 1. The molecule has 3 rings (SSSR count). The van der Waals surface area contributed by atoms with Crippen molar-refractivity contribution in [3.05, 3.63) is 64.8 Å². The number of thiazole rings is 1. The summed E-state index contributed by atoms with van der Waals surface area (Å²) in [5.74, 6) is -0.686. The monoisotopic (exact) mass is 480 g/mol. The predicted octanol–water partition coefficient (Wildman–Crippen LogP) is 6.54. The molecule has 34 heavy (non-hydrogen) atoms. The van der Waals surface area contributed by atoms with Crippen LogP contribution in [0.3, 0.4) is 0 Å². The van der Waals surface area contributed by atoms with Gasteiger partial charge in [-0.3, -0.25) is 10.1 Å². The molecule has 0 bridgehead atoms. The highest BCUT2D eigenvalue weighted by molar-refractivity contribution is 7.19. The van der Waals surface area contributed by atoms with Crippen LogP contribution >= 0.6 is 11.3 Å². The molecule has 2 N–H and O–H groups in total. The lowest BCUT2D eigenvalue weighted by molar-refractivity contribution is 0.0521. The second-order valence-electron chi connectivity index (χ2n) is 10.2. The van der Waals surface area contributed by atoms with Crippen molar-refractivity contribution in [2.75, 3.05) is 11.9 Å². The molecule has 0 saturated carbocycles. The van der Waals surface area contributed by atoms with E-state index in [1.165, 1.54) is 11.3 Å². The fourth-order valence-corrected chi connectivity index (χ4v) is 4.53. The molecule has 0 radical (unpaired) electrons. The van der Waals surface area contributed by atoms with Crippen molar-refractivity contribution < 1.29 is 19.4 Å². The van der Waals surface area contributed by atoms with E-state index in [2.05, 4.69) is 10.3 Å². The zero-order chi connectivity index (χ0) is 25.3. The lowest BCUT2D eigenvalue weighted by Gasteiger charge is -2.28. The number of carbonyl (C=O) groups is 2. The van der Waals surface area contributed by atoms with Crippen molar-refractivity contribution in [1.82, 2.24) is 4.98 Å². The summed E-state index contributed by atoms with van der Waals surface area (Å²) in [6.45, 7) is 13.9. The summed E-state index contributed by atoms with van der Waals surface area (Å²) in [5.41, 5.74) is 2.07. The smallest absolute Gasteiger partial charge is 0.358 e. The third-order valence-corrected chi connectivity index (χ3v) is 6.36. The number of aromatic nitrogens is 1. The van der Waals surface area contributed by atoms with Crippen molar-refractivity contribution in [3.63, 3.8) is 0 Å². The van der Waals surface area contributed by atoms with Gasteiger partial charge in [0.05, 0.1) is 11.5 Å². The van der Waals surface area contributed by atoms with E-state index in [1.54, 1.807) is 19.1 Å². The van der Waals surface area contributed by atoms with Gasteiger partial charge in [0, 0.05) is 16.7 Å².